The minimum atomic E-state index is 0.767. The van der Waals surface area contributed by atoms with E-state index in [1.807, 2.05) is 0 Å². The summed E-state index contributed by atoms with van der Waals surface area (Å²) in [7, 11) is 0. The maximum atomic E-state index is 3.72. The summed E-state index contributed by atoms with van der Waals surface area (Å²) in [5.41, 5.74) is 0.767. The third-order valence-electron chi connectivity index (χ3n) is 7.30. The summed E-state index contributed by atoms with van der Waals surface area (Å²) in [4.78, 5) is 0. The summed E-state index contributed by atoms with van der Waals surface area (Å²) in [6.07, 6.45) is 11.0. The van der Waals surface area contributed by atoms with Crippen molar-refractivity contribution in [2.24, 2.45) is 40.9 Å². The van der Waals surface area contributed by atoms with Gasteiger partial charge in [-0.15, -0.1) is 0 Å². The first kappa shape index (κ1) is 12.7. The Bertz CT molecular complexity index is 318. The van der Waals surface area contributed by atoms with Crippen LogP contribution in [0.3, 0.4) is 0 Å². The average molecular weight is 261 g/mol. The smallest absolute Gasteiger partial charge is 0.00149 e. The number of hydrogen-bond acceptors (Lipinski definition) is 1. The van der Waals surface area contributed by atoms with Crippen LogP contribution < -0.4 is 5.32 Å². The van der Waals surface area contributed by atoms with Crippen LogP contribution >= 0.6 is 0 Å². The van der Waals surface area contributed by atoms with Gasteiger partial charge < -0.3 is 5.32 Å². The molecule has 4 aliphatic carbocycles. The average Bonchev–Trinajstić information content (AvgIpc) is 2.36. The van der Waals surface area contributed by atoms with Gasteiger partial charge in [0.05, 0.1) is 0 Å². The molecule has 1 saturated heterocycles. The molecule has 0 aromatic rings. The molecule has 5 fully saturated rings. The Morgan fingerprint density at radius 2 is 1.63 bits per heavy atom. The fourth-order valence-corrected chi connectivity index (χ4v) is 6.98. The second-order valence-electron chi connectivity index (χ2n) is 8.70. The SMILES string of the molecule is CC(C)CC1CNCCC12C1CC3CC(C1)CC2C3. The molecule has 19 heavy (non-hydrogen) atoms. The van der Waals surface area contributed by atoms with Gasteiger partial charge in [-0.25, -0.2) is 0 Å². The summed E-state index contributed by atoms with van der Waals surface area (Å²) in [5.74, 6) is 6.32. The second kappa shape index (κ2) is 4.48. The van der Waals surface area contributed by atoms with Crippen LogP contribution in [0.1, 0.15) is 58.8 Å². The largest absolute Gasteiger partial charge is 0.316 e. The molecule has 1 N–H and O–H groups in total. The summed E-state index contributed by atoms with van der Waals surface area (Å²) in [6, 6.07) is 0. The van der Waals surface area contributed by atoms with E-state index in [4.69, 9.17) is 0 Å². The number of piperidine rings is 1. The van der Waals surface area contributed by atoms with Gasteiger partial charge in [-0.05, 0) is 99.0 Å². The maximum Gasteiger partial charge on any atom is -0.00149 e. The van der Waals surface area contributed by atoms with Crippen molar-refractivity contribution in [1.82, 2.24) is 5.32 Å². The van der Waals surface area contributed by atoms with Crippen LogP contribution in [0.25, 0.3) is 0 Å². The van der Waals surface area contributed by atoms with Crippen LogP contribution in [-0.4, -0.2) is 13.1 Å². The monoisotopic (exact) mass is 261 g/mol. The minimum Gasteiger partial charge on any atom is -0.316 e. The zero-order chi connectivity index (χ0) is 13.0. The van der Waals surface area contributed by atoms with E-state index >= 15 is 0 Å². The quantitative estimate of drug-likeness (QED) is 0.789. The first-order valence-corrected chi connectivity index (χ1v) is 8.89. The molecule has 0 radical (unpaired) electrons. The molecule has 0 aromatic heterocycles. The van der Waals surface area contributed by atoms with Crippen molar-refractivity contribution in [3.8, 4) is 0 Å². The van der Waals surface area contributed by atoms with Crippen molar-refractivity contribution in [1.29, 1.82) is 0 Å². The van der Waals surface area contributed by atoms with Crippen molar-refractivity contribution >= 4 is 0 Å². The molecule has 4 bridgehead atoms. The highest BCUT2D eigenvalue weighted by Crippen LogP contribution is 2.67. The van der Waals surface area contributed by atoms with Crippen LogP contribution in [0.4, 0.5) is 0 Å². The Morgan fingerprint density at radius 1 is 1.00 bits per heavy atom. The van der Waals surface area contributed by atoms with Gasteiger partial charge in [0.15, 0.2) is 0 Å². The normalized spacial score (nSPS) is 52.3. The summed E-state index contributed by atoms with van der Waals surface area (Å²) in [5, 5.41) is 3.72. The lowest BCUT2D eigenvalue weighted by Crippen LogP contribution is -2.60. The molecular formula is C18H31N. The van der Waals surface area contributed by atoms with Gasteiger partial charge in [0.1, 0.15) is 0 Å². The second-order valence-corrected chi connectivity index (χ2v) is 8.70. The van der Waals surface area contributed by atoms with Crippen LogP contribution in [-0.2, 0) is 0 Å². The summed E-state index contributed by atoms with van der Waals surface area (Å²) >= 11 is 0. The van der Waals surface area contributed by atoms with Crippen LogP contribution in [0.5, 0.6) is 0 Å². The third-order valence-corrected chi connectivity index (χ3v) is 7.30. The molecule has 108 valence electrons. The Labute approximate surface area is 118 Å². The minimum absolute atomic E-state index is 0.767. The van der Waals surface area contributed by atoms with Gasteiger partial charge in [-0.1, -0.05) is 13.8 Å². The zero-order valence-electron chi connectivity index (χ0n) is 12.8. The lowest BCUT2D eigenvalue weighted by Gasteiger charge is -2.65. The molecule has 1 heterocycles. The Kier molecular flexibility index (Phi) is 2.99. The van der Waals surface area contributed by atoms with Gasteiger partial charge in [0.2, 0.25) is 0 Å². The van der Waals surface area contributed by atoms with E-state index in [1.54, 1.807) is 32.1 Å². The molecule has 1 unspecified atom stereocenters. The molecular weight excluding hydrogens is 230 g/mol. The van der Waals surface area contributed by atoms with Gasteiger partial charge in [0.25, 0.3) is 0 Å². The summed E-state index contributed by atoms with van der Waals surface area (Å²) < 4.78 is 0. The molecule has 0 aromatic carbocycles. The molecule has 1 heteroatoms. The maximum absolute atomic E-state index is 3.72. The molecule has 1 atom stereocenters. The highest BCUT2D eigenvalue weighted by molar-refractivity contribution is 5.10. The zero-order valence-corrected chi connectivity index (χ0v) is 12.8. The predicted molar refractivity (Wildman–Crippen MR) is 79.9 cm³/mol. The van der Waals surface area contributed by atoms with Crippen molar-refractivity contribution in [2.75, 3.05) is 13.1 Å². The Morgan fingerprint density at radius 3 is 2.21 bits per heavy atom. The lowest BCUT2D eigenvalue weighted by molar-refractivity contribution is -0.155. The van der Waals surface area contributed by atoms with Gasteiger partial charge in [0, 0.05) is 0 Å². The van der Waals surface area contributed by atoms with E-state index < -0.39 is 0 Å². The molecule has 1 nitrogen and oxygen atoms in total. The molecule has 4 saturated carbocycles. The fraction of sp³-hybridized carbons (Fsp3) is 1.00. The fourth-order valence-electron chi connectivity index (χ4n) is 6.98. The highest BCUT2D eigenvalue weighted by Gasteiger charge is 2.59. The number of rotatable bonds is 2. The molecule has 5 rings (SSSR count). The van der Waals surface area contributed by atoms with Crippen molar-refractivity contribution < 1.29 is 0 Å². The van der Waals surface area contributed by atoms with E-state index in [9.17, 15) is 0 Å². The van der Waals surface area contributed by atoms with Crippen LogP contribution in [0.15, 0.2) is 0 Å². The first-order chi connectivity index (χ1) is 9.18. The van der Waals surface area contributed by atoms with Crippen LogP contribution in [0, 0.1) is 40.9 Å². The van der Waals surface area contributed by atoms with E-state index in [-0.39, 0.29) is 0 Å². The topological polar surface area (TPSA) is 12.0 Å². The van der Waals surface area contributed by atoms with Gasteiger partial charge in [-0.2, -0.15) is 0 Å². The summed E-state index contributed by atoms with van der Waals surface area (Å²) in [6.45, 7) is 7.48. The highest BCUT2D eigenvalue weighted by atomic mass is 14.9. The third kappa shape index (κ3) is 1.83. The first-order valence-electron chi connectivity index (χ1n) is 8.89. The van der Waals surface area contributed by atoms with Crippen molar-refractivity contribution in [2.45, 2.75) is 58.8 Å². The number of hydrogen-bond donors (Lipinski definition) is 1. The van der Waals surface area contributed by atoms with E-state index in [0.29, 0.717) is 0 Å². The molecule has 0 amide bonds. The number of nitrogens with one attached hydrogen (secondary N) is 1. The Hall–Kier alpha value is -0.0400. The standard InChI is InChI=1S/C18H31N/c1-12(2)5-17-11-19-4-3-18(17)15-7-13-6-14(9-15)10-16(18)8-13/h12-17,19H,3-11H2,1-2H3. The van der Waals surface area contributed by atoms with E-state index in [0.717, 1.165) is 40.9 Å². The van der Waals surface area contributed by atoms with Crippen LogP contribution in [0.2, 0.25) is 0 Å². The van der Waals surface area contributed by atoms with E-state index in [1.165, 1.54) is 25.9 Å². The molecule has 1 aliphatic heterocycles. The molecule has 1 spiro atoms. The van der Waals surface area contributed by atoms with E-state index in [2.05, 4.69) is 19.2 Å². The van der Waals surface area contributed by atoms with Crippen molar-refractivity contribution in [3.05, 3.63) is 0 Å². The van der Waals surface area contributed by atoms with Crippen molar-refractivity contribution in [3.63, 3.8) is 0 Å². The lowest BCUT2D eigenvalue weighted by atomic mass is 9.40. The van der Waals surface area contributed by atoms with Gasteiger partial charge >= 0.3 is 0 Å². The Balaban J connectivity index is 1.66. The predicted octanol–water partition coefficient (Wildman–Crippen LogP) is 4.08. The molecule has 5 aliphatic rings. The van der Waals surface area contributed by atoms with Gasteiger partial charge in [-0.3, -0.25) is 0 Å².